The number of hydrogen-bond acceptors (Lipinski definition) is 1. The van der Waals surface area contributed by atoms with Gasteiger partial charge in [-0.2, -0.15) is 0 Å². The molecule has 0 radical (unpaired) electrons. The van der Waals surface area contributed by atoms with Crippen LogP contribution in [0.1, 0.15) is 19.3 Å². The molecule has 0 fully saturated rings. The highest BCUT2D eigenvalue weighted by Crippen LogP contribution is 2.22. The lowest BCUT2D eigenvalue weighted by atomic mass is 9.91. The van der Waals surface area contributed by atoms with Crippen LogP contribution in [-0.4, -0.2) is 5.78 Å². The molecule has 0 atom stereocenters. The highest BCUT2D eigenvalue weighted by Gasteiger charge is 2.15. The van der Waals surface area contributed by atoms with Gasteiger partial charge >= 0.3 is 0 Å². The normalized spacial score (nSPS) is 18.4. The van der Waals surface area contributed by atoms with E-state index >= 15 is 0 Å². The second-order valence-corrected chi connectivity index (χ2v) is 2.62. The highest BCUT2D eigenvalue weighted by atomic mass is 16.1. The molecule has 58 valence electrons. The van der Waals surface area contributed by atoms with Crippen molar-refractivity contribution in [1.29, 1.82) is 0 Å². The minimum atomic E-state index is 0.209. The maximum absolute atomic E-state index is 11.2. The number of Topliss-reactive ketones (excluding diaryl/α,β-unsaturated/α-hetero) is 1. The molecule has 0 aromatic heterocycles. The molecule has 0 unspecified atom stereocenters. The quantitative estimate of drug-likeness (QED) is 0.587. The zero-order chi connectivity index (χ0) is 8.27. The Kier molecular flexibility index (Phi) is 2.42. The van der Waals surface area contributed by atoms with Crippen LogP contribution in [0.4, 0.5) is 0 Å². The maximum atomic E-state index is 11.2. The molecule has 1 aliphatic carbocycles. The van der Waals surface area contributed by atoms with Gasteiger partial charge in [0.2, 0.25) is 0 Å². The zero-order valence-electron chi connectivity index (χ0n) is 6.60. The smallest absolute Gasteiger partial charge is 0.163 e. The van der Waals surface area contributed by atoms with Crippen LogP contribution in [0.5, 0.6) is 0 Å². The third-order valence-electron chi connectivity index (χ3n) is 1.95. The van der Waals surface area contributed by atoms with Gasteiger partial charge in [0.15, 0.2) is 5.78 Å². The summed E-state index contributed by atoms with van der Waals surface area (Å²) in [4.78, 5) is 11.2. The van der Waals surface area contributed by atoms with Gasteiger partial charge in [-0.15, -0.1) is 0 Å². The molecule has 0 aromatic rings. The van der Waals surface area contributed by atoms with Gasteiger partial charge in [-0.25, -0.2) is 0 Å². The Hall–Kier alpha value is -1.11. The average molecular weight is 148 g/mol. The predicted octanol–water partition coefficient (Wildman–Crippen LogP) is 2.41. The summed E-state index contributed by atoms with van der Waals surface area (Å²) in [6.07, 6.45) is 5.99. The van der Waals surface area contributed by atoms with Gasteiger partial charge in [-0.3, -0.25) is 4.79 Å². The van der Waals surface area contributed by atoms with Crippen molar-refractivity contribution in [3.8, 4) is 0 Å². The van der Waals surface area contributed by atoms with E-state index < -0.39 is 0 Å². The molecule has 0 amide bonds. The summed E-state index contributed by atoms with van der Waals surface area (Å²) in [5.74, 6) is 0.209. The first-order valence-electron chi connectivity index (χ1n) is 3.81. The fraction of sp³-hybridized carbons (Fsp3) is 0.300. The van der Waals surface area contributed by atoms with E-state index in [2.05, 4.69) is 13.2 Å². The zero-order valence-corrected chi connectivity index (χ0v) is 6.60. The summed E-state index contributed by atoms with van der Waals surface area (Å²) in [6, 6.07) is 0. The third kappa shape index (κ3) is 1.48. The van der Waals surface area contributed by atoms with Gasteiger partial charge in [0.25, 0.3) is 0 Å². The molecule has 0 spiro atoms. The molecular formula is C10H12O. The minimum absolute atomic E-state index is 0.209. The van der Waals surface area contributed by atoms with Gasteiger partial charge < -0.3 is 0 Å². The van der Waals surface area contributed by atoms with E-state index in [0.717, 1.165) is 24.0 Å². The summed E-state index contributed by atoms with van der Waals surface area (Å²) in [5.41, 5.74) is 1.82. The molecule has 0 heterocycles. The third-order valence-corrected chi connectivity index (χ3v) is 1.95. The highest BCUT2D eigenvalue weighted by molar-refractivity contribution is 5.99. The van der Waals surface area contributed by atoms with Crippen LogP contribution in [0.25, 0.3) is 0 Å². The fourth-order valence-corrected chi connectivity index (χ4v) is 1.34. The number of ketones is 1. The second-order valence-electron chi connectivity index (χ2n) is 2.62. The summed E-state index contributed by atoms with van der Waals surface area (Å²) >= 11 is 0. The second kappa shape index (κ2) is 3.33. The SMILES string of the molecule is C=CC1=C(C=C)C(=O)CCC1. The Bertz CT molecular complexity index is 233. The van der Waals surface area contributed by atoms with E-state index in [1.165, 1.54) is 0 Å². The van der Waals surface area contributed by atoms with E-state index in [9.17, 15) is 4.79 Å². The maximum Gasteiger partial charge on any atom is 0.163 e. The molecule has 0 aliphatic heterocycles. The molecule has 1 rings (SSSR count). The van der Waals surface area contributed by atoms with Crippen LogP contribution in [0.2, 0.25) is 0 Å². The molecule has 0 saturated carbocycles. The lowest BCUT2D eigenvalue weighted by Gasteiger charge is -2.13. The molecule has 1 nitrogen and oxygen atoms in total. The Morgan fingerprint density at radius 3 is 2.36 bits per heavy atom. The molecular weight excluding hydrogens is 136 g/mol. The summed E-state index contributed by atoms with van der Waals surface area (Å²) < 4.78 is 0. The van der Waals surface area contributed by atoms with E-state index in [1.54, 1.807) is 12.2 Å². The summed E-state index contributed by atoms with van der Waals surface area (Å²) in [7, 11) is 0. The van der Waals surface area contributed by atoms with Crippen LogP contribution in [0.3, 0.4) is 0 Å². The largest absolute Gasteiger partial charge is 0.294 e. The Labute approximate surface area is 67.1 Å². The number of carbonyl (C=O) groups excluding carboxylic acids is 1. The Morgan fingerprint density at radius 2 is 1.91 bits per heavy atom. The summed E-state index contributed by atoms with van der Waals surface area (Å²) in [6.45, 7) is 7.27. The first-order chi connectivity index (χ1) is 5.29. The fourth-order valence-electron chi connectivity index (χ4n) is 1.34. The predicted molar refractivity (Wildman–Crippen MR) is 46.3 cm³/mol. The van der Waals surface area contributed by atoms with Gasteiger partial charge in [0, 0.05) is 12.0 Å². The van der Waals surface area contributed by atoms with Gasteiger partial charge in [0.1, 0.15) is 0 Å². The van der Waals surface area contributed by atoms with Crippen molar-refractivity contribution in [3.63, 3.8) is 0 Å². The first kappa shape index (κ1) is 7.99. The standard InChI is InChI=1S/C10H12O/c1-3-8-6-5-7-10(11)9(8)4-2/h3-4H,1-2,5-7H2. The van der Waals surface area contributed by atoms with E-state index in [4.69, 9.17) is 0 Å². The molecule has 1 aliphatic rings. The van der Waals surface area contributed by atoms with Crippen LogP contribution in [-0.2, 0) is 4.79 Å². The van der Waals surface area contributed by atoms with Crippen LogP contribution < -0.4 is 0 Å². The first-order valence-corrected chi connectivity index (χ1v) is 3.81. The molecule has 0 bridgehead atoms. The van der Waals surface area contributed by atoms with Gasteiger partial charge in [-0.1, -0.05) is 25.3 Å². The number of hydrogen-bond donors (Lipinski definition) is 0. The van der Waals surface area contributed by atoms with Crippen molar-refractivity contribution in [1.82, 2.24) is 0 Å². The Morgan fingerprint density at radius 1 is 1.18 bits per heavy atom. The van der Waals surface area contributed by atoms with Crippen LogP contribution in [0.15, 0.2) is 36.5 Å². The minimum Gasteiger partial charge on any atom is -0.294 e. The lowest BCUT2D eigenvalue weighted by molar-refractivity contribution is -0.115. The number of carbonyl (C=O) groups is 1. The van der Waals surface area contributed by atoms with E-state index in [1.807, 2.05) is 0 Å². The lowest BCUT2D eigenvalue weighted by Crippen LogP contribution is -2.08. The van der Waals surface area contributed by atoms with Crippen molar-refractivity contribution < 1.29 is 4.79 Å². The van der Waals surface area contributed by atoms with Crippen molar-refractivity contribution >= 4 is 5.78 Å². The monoisotopic (exact) mass is 148 g/mol. The topological polar surface area (TPSA) is 17.1 Å². The molecule has 0 saturated heterocycles. The van der Waals surface area contributed by atoms with Crippen molar-refractivity contribution in [2.24, 2.45) is 0 Å². The van der Waals surface area contributed by atoms with Crippen LogP contribution in [0, 0.1) is 0 Å². The van der Waals surface area contributed by atoms with E-state index in [0.29, 0.717) is 6.42 Å². The number of rotatable bonds is 2. The molecule has 0 aromatic carbocycles. The number of allylic oxidation sites excluding steroid dienone is 4. The average Bonchev–Trinajstić information content (AvgIpc) is 2.04. The molecule has 11 heavy (non-hydrogen) atoms. The van der Waals surface area contributed by atoms with Crippen molar-refractivity contribution in [2.45, 2.75) is 19.3 Å². The Balaban J connectivity index is 3.04. The van der Waals surface area contributed by atoms with Gasteiger partial charge in [0.05, 0.1) is 0 Å². The van der Waals surface area contributed by atoms with Gasteiger partial charge in [-0.05, 0) is 18.4 Å². The van der Waals surface area contributed by atoms with Crippen molar-refractivity contribution in [2.75, 3.05) is 0 Å². The molecule has 0 N–H and O–H groups in total. The molecule has 1 heteroatoms. The van der Waals surface area contributed by atoms with Crippen LogP contribution >= 0.6 is 0 Å². The summed E-state index contributed by atoms with van der Waals surface area (Å²) in [5, 5.41) is 0. The van der Waals surface area contributed by atoms with E-state index in [-0.39, 0.29) is 5.78 Å². The van der Waals surface area contributed by atoms with Crippen molar-refractivity contribution in [3.05, 3.63) is 36.5 Å².